The summed E-state index contributed by atoms with van der Waals surface area (Å²) in [6, 6.07) is 3.96. The molecule has 2 N–H and O–H groups in total. The Morgan fingerprint density at radius 1 is 1.32 bits per heavy atom. The third kappa shape index (κ3) is 4.34. The van der Waals surface area contributed by atoms with Crippen molar-refractivity contribution in [3.63, 3.8) is 0 Å². The number of ether oxygens (including phenoxy) is 1. The average molecular weight is 306 g/mol. The van der Waals surface area contributed by atoms with Gasteiger partial charge in [-0.2, -0.15) is 0 Å². The van der Waals surface area contributed by atoms with E-state index in [2.05, 4.69) is 9.88 Å². The van der Waals surface area contributed by atoms with Crippen molar-refractivity contribution < 1.29 is 9.53 Å². The SMILES string of the molecule is CC(C)(C)OC(=O)N1CCCN(c2cccnc2CN)CC1. The standard InChI is InChI=1S/C16H26N4O2/c1-16(2,3)22-15(21)20-9-5-8-19(10-11-20)14-6-4-7-18-13(14)12-17/h4,6-7H,5,8-12,17H2,1-3H3. The summed E-state index contributed by atoms with van der Waals surface area (Å²) in [7, 11) is 0. The molecule has 0 saturated carbocycles. The van der Waals surface area contributed by atoms with Gasteiger partial charge in [-0.15, -0.1) is 0 Å². The van der Waals surface area contributed by atoms with Gasteiger partial charge in [0.2, 0.25) is 0 Å². The van der Waals surface area contributed by atoms with Crippen molar-refractivity contribution in [3.05, 3.63) is 24.0 Å². The van der Waals surface area contributed by atoms with E-state index in [0.29, 0.717) is 19.6 Å². The minimum atomic E-state index is -0.459. The highest BCUT2D eigenvalue weighted by molar-refractivity contribution is 5.68. The van der Waals surface area contributed by atoms with Gasteiger partial charge in [0.1, 0.15) is 5.60 Å². The van der Waals surface area contributed by atoms with Crippen LogP contribution in [0.2, 0.25) is 0 Å². The zero-order valence-electron chi connectivity index (χ0n) is 13.7. The molecule has 0 bridgehead atoms. The normalized spacial score (nSPS) is 16.4. The molecule has 0 radical (unpaired) electrons. The number of amides is 1. The van der Waals surface area contributed by atoms with E-state index in [9.17, 15) is 4.79 Å². The van der Waals surface area contributed by atoms with Crippen LogP contribution in [0, 0.1) is 0 Å². The molecular weight excluding hydrogens is 280 g/mol. The first-order valence-electron chi connectivity index (χ1n) is 7.77. The summed E-state index contributed by atoms with van der Waals surface area (Å²) in [5.41, 5.74) is 7.27. The van der Waals surface area contributed by atoms with E-state index in [1.54, 1.807) is 11.1 Å². The van der Waals surface area contributed by atoms with Crippen LogP contribution in [0.5, 0.6) is 0 Å². The van der Waals surface area contributed by atoms with Crippen molar-refractivity contribution in [2.75, 3.05) is 31.1 Å². The van der Waals surface area contributed by atoms with Gasteiger partial charge in [-0.25, -0.2) is 4.79 Å². The highest BCUT2D eigenvalue weighted by Gasteiger charge is 2.25. The molecule has 1 aliphatic rings. The summed E-state index contributed by atoms with van der Waals surface area (Å²) < 4.78 is 5.45. The fourth-order valence-electron chi connectivity index (χ4n) is 2.54. The highest BCUT2D eigenvalue weighted by Crippen LogP contribution is 2.20. The zero-order valence-corrected chi connectivity index (χ0v) is 13.7. The van der Waals surface area contributed by atoms with Crippen LogP contribution < -0.4 is 10.6 Å². The number of hydrogen-bond acceptors (Lipinski definition) is 5. The Morgan fingerprint density at radius 2 is 2.09 bits per heavy atom. The lowest BCUT2D eigenvalue weighted by Crippen LogP contribution is -2.39. The predicted octanol–water partition coefficient (Wildman–Crippen LogP) is 1.99. The molecule has 0 aliphatic carbocycles. The molecule has 1 amide bonds. The first kappa shape index (κ1) is 16.5. The summed E-state index contributed by atoms with van der Waals surface area (Å²) in [4.78, 5) is 20.6. The molecule has 0 unspecified atom stereocenters. The number of aromatic nitrogens is 1. The van der Waals surface area contributed by atoms with Crippen molar-refractivity contribution in [1.82, 2.24) is 9.88 Å². The van der Waals surface area contributed by atoms with Crippen molar-refractivity contribution >= 4 is 11.8 Å². The van der Waals surface area contributed by atoms with Crippen molar-refractivity contribution in [2.45, 2.75) is 39.3 Å². The lowest BCUT2D eigenvalue weighted by molar-refractivity contribution is 0.0263. The first-order chi connectivity index (χ1) is 10.4. The number of nitrogens with zero attached hydrogens (tertiary/aromatic N) is 3. The quantitative estimate of drug-likeness (QED) is 0.904. The van der Waals surface area contributed by atoms with Crippen LogP contribution in [0.1, 0.15) is 32.9 Å². The van der Waals surface area contributed by atoms with Gasteiger partial charge in [-0.05, 0) is 39.3 Å². The molecule has 1 aromatic heterocycles. The third-order valence-electron chi connectivity index (χ3n) is 3.55. The van der Waals surface area contributed by atoms with E-state index in [1.165, 1.54) is 0 Å². The molecule has 2 heterocycles. The van der Waals surface area contributed by atoms with Gasteiger partial charge < -0.3 is 20.3 Å². The van der Waals surface area contributed by atoms with Crippen LogP contribution in [-0.2, 0) is 11.3 Å². The number of anilines is 1. The smallest absolute Gasteiger partial charge is 0.410 e. The Hall–Kier alpha value is -1.82. The predicted molar refractivity (Wildman–Crippen MR) is 86.8 cm³/mol. The maximum absolute atomic E-state index is 12.2. The van der Waals surface area contributed by atoms with Crippen LogP contribution in [0.25, 0.3) is 0 Å². The lowest BCUT2D eigenvalue weighted by atomic mass is 10.2. The Kier molecular flexibility index (Phi) is 5.24. The second-order valence-corrected chi connectivity index (χ2v) is 6.48. The Labute approximate surface area is 132 Å². The minimum Gasteiger partial charge on any atom is -0.444 e. The van der Waals surface area contributed by atoms with Gasteiger partial charge in [0.15, 0.2) is 0 Å². The van der Waals surface area contributed by atoms with Gasteiger partial charge >= 0.3 is 6.09 Å². The van der Waals surface area contributed by atoms with Crippen LogP contribution in [0.4, 0.5) is 10.5 Å². The van der Waals surface area contributed by atoms with Gasteiger partial charge in [-0.3, -0.25) is 4.98 Å². The maximum atomic E-state index is 12.2. The molecular formula is C16H26N4O2. The molecule has 1 fully saturated rings. The number of hydrogen-bond donors (Lipinski definition) is 1. The van der Waals surface area contributed by atoms with E-state index in [-0.39, 0.29) is 6.09 Å². The molecule has 6 nitrogen and oxygen atoms in total. The second-order valence-electron chi connectivity index (χ2n) is 6.48. The summed E-state index contributed by atoms with van der Waals surface area (Å²) >= 11 is 0. The van der Waals surface area contributed by atoms with Gasteiger partial charge in [-0.1, -0.05) is 0 Å². The molecule has 0 spiro atoms. The summed E-state index contributed by atoms with van der Waals surface area (Å²) in [5, 5.41) is 0. The highest BCUT2D eigenvalue weighted by atomic mass is 16.6. The van der Waals surface area contributed by atoms with Gasteiger partial charge in [0.25, 0.3) is 0 Å². The van der Waals surface area contributed by atoms with E-state index < -0.39 is 5.60 Å². The number of rotatable bonds is 2. The van der Waals surface area contributed by atoms with Crippen molar-refractivity contribution in [2.24, 2.45) is 5.73 Å². The van der Waals surface area contributed by atoms with Gasteiger partial charge in [0, 0.05) is 38.9 Å². The fraction of sp³-hybridized carbons (Fsp3) is 0.625. The maximum Gasteiger partial charge on any atom is 0.410 e. The topological polar surface area (TPSA) is 71.7 Å². The molecule has 0 atom stereocenters. The van der Waals surface area contributed by atoms with Crippen LogP contribution in [0.15, 0.2) is 18.3 Å². The first-order valence-corrected chi connectivity index (χ1v) is 7.77. The van der Waals surface area contributed by atoms with Crippen LogP contribution in [-0.4, -0.2) is 47.8 Å². The zero-order chi connectivity index (χ0) is 16.2. The van der Waals surface area contributed by atoms with Crippen molar-refractivity contribution in [1.29, 1.82) is 0 Å². The molecule has 22 heavy (non-hydrogen) atoms. The molecule has 0 aromatic carbocycles. The molecule has 1 aromatic rings. The number of nitrogens with two attached hydrogens (primary N) is 1. The molecule has 6 heteroatoms. The Balaban J connectivity index is 2.02. The molecule has 122 valence electrons. The Morgan fingerprint density at radius 3 is 2.77 bits per heavy atom. The van der Waals surface area contributed by atoms with E-state index in [1.807, 2.05) is 32.9 Å². The largest absolute Gasteiger partial charge is 0.444 e. The van der Waals surface area contributed by atoms with E-state index >= 15 is 0 Å². The number of carbonyl (C=O) groups excluding carboxylic acids is 1. The van der Waals surface area contributed by atoms with Crippen LogP contribution >= 0.6 is 0 Å². The van der Waals surface area contributed by atoms with E-state index in [0.717, 1.165) is 30.9 Å². The summed E-state index contributed by atoms with van der Waals surface area (Å²) in [6.45, 7) is 9.09. The number of pyridine rings is 1. The van der Waals surface area contributed by atoms with E-state index in [4.69, 9.17) is 10.5 Å². The fourth-order valence-corrected chi connectivity index (χ4v) is 2.54. The Bertz CT molecular complexity index is 513. The minimum absolute atomic E-state index is 0.236. The average Bonchev–Trinajstić information content (AvgIpc) is 2.71. The molecule has 2 rings (SSSR count). The second kappa shape index (κ2) is 6.96. The molecule has 1 aliphatic heterocycles. The molecule has 1 saturated heterocycles. The number of carbonyl (C=O) groups is 1. The van der Waals surface area contributed by atoms with Gasteiger partial charge in [0.05, 0.1) is 11.4 Å². The summed E-state index contributed by atoms with van der Waals surface area (Å²) in [6.07, 6.45) is 2.42. The van der Waals surface area contributed by atoms with Crippen molar-refractivity contribution in [3.8, 4) is 0 Å². The van der Waals surface area contributed by atoms with Crippen LogP contribution in [0.3, 0.4) is 0 Å². The summed E-state index contributed by atoms with van der Waals surface area (Å²) in [5.74, 6) is 0. The monoisotopic (exact) mass is 306 g/mol. The lowest BCUT2D eigenvalue weighted by Gasteiger charge is -2.27. The third-order valence-corrected chi connectivity index (χ3v) is 3.55.